The largest absolute Gasteiger partial charge is 0.456 e. The number of carbonyl (C=O) groups is 1. The number of esters is 1. The molecule has 2 aliphatic carbocycles. The lowest BCUT2D eigenvalue weighted by atomic mass is 9.82. The summed E-state index contributed by atoms with van der Waals surface area (Å²) in [5.41, 5.74) is 6.78. The number of benzene rings is 3. The van der Waals surface area contributed by atoms with Gasteiger partial charge in [0.1, 0.15) is 17.2 Å². The third-order valence-electron chi connectivity index (χ3n) is 8.99. The van der Waals surface area contributed by atoms with Gasteiger partial charge in [-0.05, 0) is 117 Å². The summed E-state index contributed by atoms with van der Waals surface area (Å²) in [5.74, 6) is 1.61. The third-order valence-corrected chi connectivity index (χ3v) is 10.2. The number of nitriles is 1. The van der Waals surface area contributed by atoms with Crippen molar-refractivity contribution in [2.75, 3.05) is 4.90 Å². The summed E-state index contributed by atoms with van der Waals surface area (Å²) >= 11 is 1.80. The van der Waals surface area contributed by atoms with Crippen LogP contribution in [0.4, 0.5) is 11.4 Å². The molecule has 0 amide bonds. The van der Waals surface area contributed by atoms with Crippen LogP contribution in [0.25, 0.3) is 27.0 Å². The van der Waals surface area contributed by atoms with Gasteiger partial charge in [-0.3, -0.25) is 0 Å². The maximum Gasteiger partial charge on any atom is 0.349 e. The molecule has 0 spiro atoms. The van der Waals surface area contributed by atoms with Crippen molar-refractivity contribution in [2.45, 2.75) is 57.6 Å². The van der Waals surface area contributed by atoms with Gasteiger partial charge in [-0.25, -0.2) is 4.79 Å². The molecular formula is C37H34N2O2S. The van der Waals surface area contributed by atoms with Gasteiger partial charge in [0.15, 0.2) is 0 Å². The predicted octanol–water partition coefficient (Wildman–Crippen LogP) is 9.36. The second kappa shape index (κ2) is 10.3. The molecule has 0 saturated heterocycles. The molecule has 3 aliphatic rings. The Morgan fingerprint density at radius 2 is 1.62 bits per heavy atom. The van der Waals surface area contributed by atoms with Crippen molar-refractivity contribution < 1.29 is 9.53 Å². The molecule has 5 heteroatoms. The minimum Gasteiger partial charge on any atom is -0.456 e. The highest BCUT2D eigenvalue weighted by Crippen LogP contribution is 2.62. The Morgan fingerprint density at radius 1 is 0.929 bits per heavy atom. The Morgan fingerprint density at radius 3 is 2.33 bits per heavy atom. The first-order valence-electron chi connectivity index (χ1n) is 14.8. The van der Waals surface area contributed by atoms with E-state index in [4.69, 9.17) is 4.74 Å². The number of anilines is 2. The van der Waals surface area contributed by atoms with Gasteiger partial charge in [-0.2, -0.15) is 5.26 Å². The number of rotatable bonds is 5. The average Bonchev–Trinajstić information content (AvgIpc) is 3.78. The van der Waals surface area contributed by atoms with Crippen LogP contribution < -0.4 is 4.90 Å². The van der Waals surface area contributed by atoms with Gasteiger partial charge in [0.25, 0.3) is 0 Å². The number of thiophene rings is 1. The Balaban J connectivity index is 1.15. The second-order valence-electron chi connectivity index (χ2n) is 12.8. The highest BCUT2D eigenvalue weighted by atomic mass is 32.1. The number of hydrogen-bond donors (Lipinski definition) is 0. The van der Waals surface area contributed by atoms with Gasteiger partial charge in [0, 0.05) is 33.1 Å². The number of para-hydroxylation sites is 1. The maximum atomic E-state index is 12.4. The zero-order valence-corrected chi connectivity index (χ0v) is 25.0. The Bertz CT molecular complexity index is 1720. The standard InChI is InChI=1S/C37H34N2O2S/c1-37(2,3)41-36(40)28(22-38)19-23-9-11-24(12-10-23)32-17-18-33(42-32)25-15-16-31-30(21-25)34-26-13-14-27(20-26)35(34)39(31)29-7-5-4-6-8-29/h4-12,15-19,21,26-27,34-35H,13-14,20H2,1-3H3/b28-19+. The lowest BCUT2D eigenvalue weighted by Gasteiger charge is -2.33. The third kappa shape index (κ3) is 4.74. The number of fused-ring (bicyclic) bond motifs is 7. The zero-order chi connectivity index (χ0) is 29.0. The van der Waals surface area contributed by atoms with Crippen LogP contribution in [0, 0.1) is 23.2 Å². The van der Waals surface area contributed by atoms with Crippen LogP contribution in [0.15, 0.2) is 90.5 Å². The second-order valence-corrected chi connectivity index (χ2v) is 13.9. The summed E-state index contributed by atoms with van der Waals surface area (Å²) in [6.07, 6.45) is 5.67. The molecule has 1 aliphatic heterocycles. The van der Waals surface area contributed by atoms with E-state index in [0.29, 0.717) is 12.0 Å². The number of carbonyl (C=O) groups excluding carboxylic acids is 1. The molecule has 3 aromatic carbocycles. The van der Waals surface area contributed by atoms with Gasteiger partial charge in [-0.15, -0.1) is 11.3 Å². The summed E-state index contributed by atoms with van der Waals surface area (Å²) in [7, 11) is 0. The average molecular weight is 571 g/mol. The lowest BCUT2D eigenvalue weighted by molar-refractivity contribution is -0.149. The fraction of sp³-hybridized carbons (Fsp3) is 0.297. The topological polar surface area (TPSA) is 53.3 Å². The molecule has 42 heavy (non-hydrogen) atoms. The van der Waals surface area contributed by atoms with Crippen molar-refractivity contribution in [3.63, 3.8) is 0 Å². The van der Waals surface area contributed by atoms with E-state index in [0.717, 1.165) is 23.0 Å². The molecule has 2 heterocycles. The first kappa shape index (κ1) is 26.7. The van der Waals surface area contributed by atoms with Crippen LogP contribution in [-0.2, 0) is 9.53 Å². The fourth-order valence-corrected chi connectivity index (χ4v) is 8.36. The Hall–Kier alpha value is -4.14. The first-order valence-corrected chi connectivity index (χ1v) is 15.6. The Labute approximate surface area is 251 Å². The number of nitrogens with zero attached hydrogens (tertiary/aromatic N) is 2. The number of ether oxygens (including phenoxy) is 1. The summed E-state index contributed by atoms with van der Waals surface area (Å²) in [6.45, 7) is 5.38. The molecule has 210 valence electrons. The van der Waals surface area contributed by atoms with Crippen LogP contribution in [0.1, 0.15) is 57.1 Å². The van der Waals surface area contributed by atoms with Gasteiger partial charge in [0.2, 0.25) is 0 Å². The van der Waals surface area contributed by atoms with Crippen molar-refractivity contribution in [1.82, 2.24) is 0 Å². The minimum atomic E-state index is -0.647. The normalized spacial score (nSPS) is 22.5. The monoisotopic (exact) mass is 570 g/mol. The summed E-state index contributed by atoms with van der Waals surface area (Å²) < 4.78 is 5.36. The molecule has 0 N–H and O–H groups in total. The van der Waals surface area contributed by atoms with Crippen LogP contribution >= 0.6 is 11.3 Å². The van der Waals surface area contributed by atoms with E-state index in [-0.39, 0.29) is 5.57 Å². The molecule has 2 saturated carbocycles. The molecule has 4 nitrogen and oxygen atoms in total. The molecule has 7 rings (SSSR count). The molecule has 2 fully saturated rings. The van der Waals surface area contributed by atoms with Crippen molar-refractivity contribution >= 4 is 34.8 Å². The van der Waals surface area contributed by atoms with Crippen molar-refractivity contribution in [3.05, 3.63) is 102 Å². The molecule has 4 aromatic rings. The minimum absolute atomic E-state index is 0.00347. The number of hydrogen-bond acceptors (Lipinski definition) is 5. The lowest BCUT2D eigenvalue weighted by Crippen LogP contribution is -2.35. The van der Waals surface area contributed by atoms with Crippen LogP contribution in [0.5, 0.6) is 0 Å². The van der Waals surface area contributed by atoms with E-state index >= 15 is 0 Å². The van der Waals surface area contributed by atoms with Gasteiger partial charge in [0.05, 0.1) is 0 Å². The SMILES string of the molecule is CC(C)(C)OC(=O)/C(C#N)=C/c1ccc(-c2ccc(-c3ccc4c(c3)C3C5CCC(C5)C3N4c3ccccc3)s2)cc1. The molecule has 4 unspecified atom stereocenters. The molecule has 4 atom stereocenters. The van der Waals surface area contributed by atoms with Crippen molar-refractivity contribution in [1.29, 1.82) is 5.26 Å². The highest BCUT2D eigenvalue weighted by molar-refractivity contribution is 7.18. The van der Waals surface area contributed by atoms with E-state index in [1.54, 1.807) is 38.2 Å². The van der Waals surface area contributed by atoms with Crippen LogP contribution in [0.3, 0.4) is 0 Å². The molecule has 2 bridgehead atoms. The van der Waals surface area contributed by atoms with Gasteiger partial charge in [-0.1, -0.05) is 48.5 Å². The van der Waals surface area contributed by atoms with E-state index in [1.807, 2.05) is 30.3 Å². The summed E-state index contributed by atoms with van der Waals surface area (Å²) in [5, 5.41) is 9.49. The van der Waals surface area contributed by atoms with Gasteiger partial charge >= 0.3 is 5.97 Å². The predicted molar refractivity (Wildman–Crippen MR) is 171 cm³/mol. The molecule has 1 aromatic heterocycles. The van der Waals surface area contributed by atoms with E-state index in [2.05, 4.69) is 65.6 Å². The smallest absolute Gasteiger partial charge is 0.349 e. The fourth-order valence-electron chi connectivity index (χ4n) is 7.35. The van der Waals surface area contributed by atoms with Crippen molar-refractivity contribution in [2.24, 2.45) is 11.8 Å². The first-order chi connectivity index (χ1) is 20.3. The van der Waals surface area contributed by atoms with Crippen LogP contribution in [0.2, 0.25) is 0 Å². The van der Waals surface area contributed by atoms with Crippen molar-refractivity contribution in [3.8, 4) is 27.0 Å². The van der Waals surface area contributed by atoms with Gasteiger partial charge < -0.3 is 9.64 Å². The zero-order valence-electron chi connectivity index (χ0n) is 24.2. The summed E-state index contributed by atoms with van der Waals surface area (Å²) in [4.78, 5) is 17.5. The quantitative estimate of drug-likeness (QED) is 0.136. The van der Waals surface area contributed by atoms with E-state index in [9.17, 15) is 10.1 Å². The molecule has 0 radical (unpaired) electrons. The van der Waals surface area contributed by atoms with E-state index < -0.39 is 11.6 Å². The maximum absolute atomic E-state index is 12.4. The highest BCUT2D eigenvalue weighted by Gasteiger charge is 2.55. The Kier molecular flexibility index (Phi) is 6.55. The summed E-state index contributed by atoms with van der Waals surface area (Å²) in [6, 6.07) is 33.0. The van der Waals surface area contributed by atoms with Crippen LogP contribution in [-0.4, -0.2) is 17.6 Å². The van der Waals surface area contributed by atoms with E-state index in [1.165, 1.54) is 51.5 Å². The molecular weight excluding hydrogens is 536 g/mol.